The molecule has 0 aromatic carbocycles. The van der Waals surface area contributed by atoms with Crippen LogP contribution in [0, 0.1) is 5.92 Å². The molecule has 0 unspecified atom stereocenters. The average molecular weight is 342 g/mol. The highest BCUT2D eigenvalue weighted by molar-refractivity contribution is 5.98. The fourth-order valence-electron chi connectivity index (χ4n) is 3.14. The van der Waals surface area contributed by atoms with Crippen molar-refractivity contribution in [3.05, 3.63) is 42.1 Å². The molecule has 0 radical (unpaired) electrons. The topological polar surface area (TPSA) is 77.3 Å². The SMILES string of the molecule is CCOc1ncccc1C(=O)N1CCC[C@H](C(=O)c2nccn2C)C1. The molecule has 1 amide bonds. The Hall–Kier alpha value is -2.70. The molecule has 0 saturated carbocycles. The van der Waals surface area contributed by atoms with E-state index in [1.807, 2.05) is 6.92 Å². The summed E-state index contributed by atoms with van der Waals surface area (Å²) < 4.78 is 7.18. The van der Waals surface area contributed by atoms with E-state index in [0.717, 1.165) is 12.8 Å². The summed E-state index contributed by atoms with van der Waals surface area (Å²) in [5.41, 5.74) is 0.439. The first kappa shape index (κ1) is 17.1. The number of carbonyl (C=O) groups is 2. The third-order valence-corrected chi connectivity index (χ3v) is 4.40. The molecular weight excluding hydrogens is 320 g/mol. The van der Waals surface area contributed by atoms with Crippen molar-refractivity contribution in [2.75, 3.05) is 19.7 Å². The van der Waals surface area contributed by atoms with Gasteiger partial charge in [0, 0.05) is 44.6 Å². The van der Waals surface area contributed by atoms with Crippen molar-refractivity contribution in [1.29, 1.82) is 0 Å². The Labute approximate surface area is 146 Å². The van der Waals surface area contributed by atoms with Crippen LogP contribution >= 0.6 is 0 Å². The van der Waals surface area contributed by atoms with Gasteiger partial charge in [0.05, 0.1) is 6.61 Å². The number of carbonyl (C=O) groups excluding carboxylic acids is 2. The number of likely N-dealkylation sites (tertiary alicyclic amines) is 1. The molecule has 1 fully saturated rings. The van der Waals surface area contributed by atoms with E-state index >= 15 is 0 Å². The standard InChI is InChI=1S/C18H22N4O3/c1-3-25-17-14(7-4-8-20-17)18(24)22-10-5-6-13(12-22)15(23)16-19-9-11-21(16)2/h4,7-9,11,13H,3,5-6,10,12H2,1-2H3/t13-/m0/s1. The normalized spacial score (nSPS) is 17.4. The highest BCUT2D eigenvalue weighted by Gasteiger charge is 2.32. The molecular formula is C18H22N4O3. The summed E-state index contributed by atoms with van der Waals surface area (Å²) in [7, 11) is 1.80. The predicted molar refractivity (Wildman–Crippen MR) is 91.6 cm³/mol. The number of ether oxygens (including phenoxy) is 1. The molecule has 7 nitrogen and oxygen atoms in total. The molecule has 7 heteroatoms. The van der Waals surface area contributed by atoms with Gasteiger partial charge < -0.3 is 14.2 Å². The Morgan fingerprint density at radius 1 is 1.32 bits per heavy atom. The van der Waals surface area contributed by atoms with E-state index < -0.39 is 0 Å². The zero-order valence-electron chi connectivity index (χ0n) is 14.5. The minimum atomic E-state index is -0.231. The highest BCUT2D eigenvalue weighted by atomic mass is 16.5. The first-order valence-corrected chi connectivity index (χ1v) is 8.50. The van der Waals surface area contributed by atoms with Crippen molar-refractivity contribution in [2.24, 2.45) is 13.0 Å². The van der Waals surface area contributed by atoms with Gasteiger partial charge in [-0.15, -0.1) is 0 Å². The molecule has 0 spiro atoms. The van der Waals surface area contributed by atoms with Crippen molar-refractivity contribution >= 4 is 11.7 Å². The van der Waals surface area contributed by atoms with Crippen LogP contribution in [0.1, 0.15) is 40.7 Å². The number of amides is 1. The van der Waals surface area contributed by atoms with Gasteiger partial charge in [0.15, 0.2) is 5.82 Å². The van der Waals surface area contributed by atoms with Gasteiger partial charge in [0.1, 0.15) is 5.56 Å². The molecule has 1 aliphatic rings. The van der Waals surface area contributed by atoms with E-state index in [-0.39, 0.29) is 17.6 Å². The van der Waals surface area contributed by atoms with Crippen molar-refractivity contribution in [1.82, 2.24) is 19.4 Å². The lowest BCUT2D eigenvalue weighted by molar-refractivity contribution is 0.0629. The van der Waals surface area contributed by atoms with Gasteiger partial charge in [-0.3, -0.25) is 9.59 Å². The van der Waals surface area contributed by atoms with Crippen LogP contribution < -0.4 is 4.74 Å². The summed E-state index contributed by atoms with van der Waals surface area (Å²) in [5.74, 6) is 0.393. The smallest absolute Gasteiger partial charge is 0.259 e. The van der Waals surface area contributed by atoms with Crippen LogP contribution in [0.2, 0.25) is 0 Å². The van der Waals surface area contributed by atoms with E-state index in [2.05, 4.69) is 9.97 Å². The third-order valence-electron chi connectivity index (χ3n) is 4.40. The van der Waals surface area contributed by atoms with Crippen molar-refractivity contribution in [2.45, 2.75) is 19.8 Å². The monoisotopic (exact) mass is 342 g/mol. The number of nitrogens with zero attached hydrogens (tertiary/aromatic N) is 4. The lowest BCUT2D eigenvalue weighted by atomic mass is 9.93. The first-order valence-electron chi connectivity index (χ1n) is 8.50. The molecule has 3 heterocycles. The highest BCUT2D eigenvalue weighted by Crippen LogP contribution is 2.24. The zero-order chi connectivity index (χ0) is 17.8. The van der Waals surface area contributed by atoms with Crippen LogP contribution in [0.4, 0.5) is 0 Å². The third kappa shape index (κ3) is 3.55. The lowest BCUT2D eigenvalue weighted by Gasteiger charge is -2.32. The zero-order valence-corrected chi connectivity index (χ0v) is 14.5. The Bertz CT molecular complexity index is 771. The lowest BCUT2D eigenvalue weighted by Crippen LogP contribution is -2.43. The fourth-order valence-corrected chi connectivity index (χ4v) is 3.14. The quantitative estimate of drug-likeness (QED) is 0.776. The number of aromatic nitrogens is 3. The second kappa shape index (κ2) is 7.46. The Morgan fingerprint density at radius 2 is 2.16 bits per heavy atom. The maximum Gasteiger partial charge on any atom is 0.259 e. The second-order valence-electron chi connectivity index (χ2n) is 6.11. The summed E-state index contributed by atoms with van der Waals surface area (Å²) >= 11 is 0. The largest absolute Gasteiger partial charge is 0.477 e. The van der Waals surface area contributed by atoms with Crippen LogP contribution in [0.3, 0.4) is 0 Å². The van der Waals surface area contributed by atoms with E-state index in [0.29, 0.717) is 37.0 Å². The summed E-state index contributed by atoms with van der Waals surface area (Å²) in [6, 6.07) is 3.43. The Kier molecular flexibility index (Phi) is 5.11. The van der Waals surface area contributed by atoms with Gasteiger partial charge in [-0.1, -0.05) is 0 Å². The molecule has 2 aromatic heterocycles. The molecule has 0 bridgehead atoms. The van der Waals surface area contributed by atoms with Gasteiger partial charge in [-0.2, -0.15) is 0 Å². The summed E-state index contributed by atoms with van der Waals surface area (Å²) in [6.07, 6.45) is 6.52. The van der Waals surface area contributed by atoms with Crippen LogP contribution in [0.15, 0.2) is 30.7 Å². The number of imidazole rings is 1. The molecule has 0 aliphatic carbocycles. The van der Waals surface area contributed by atoms with E-state index in [4.69, 9.17) is 4.74 Å². The molecule has 3 rings (SSSR count). The van der Waals surface area contributed by atoms with Crippen molar-refractivity contribution in [3.8, 4) is 5.88 Å². The fraction of sp³-hybridized carbons (Fsp3) is 0.444. The van der Waals surface area contributed by atoms with E-state index in [1.54, 1.807) is 47.2 Å². The van der Waals surface area contributed by atoms with Crippen LogP contribution in [-0.2, 0) is 7.05 Å². The summed E-state index contributed by atoms with van der Waals surface area (Å²) in [6.45, 7) is 3.32. The van der Waals surface area contributed by atoms with Crippen molar-refractivity contribution < 1.29 is 14.3 Å². The molecule has 2 aromatic rings. The van der Waals surface area contributed by atoms with Crippen LogP contribution in [-0.4, -0.2) is 50.8 Å². The molecule has 0 N–H and O–H groups in total. The van der Waals surface area contributed by atoms with Crippen LogP contribution in [0.25, 0.3) is 0 Å². The molecule has 132 valence electrons. The molecule has 1 saturated heterocycles. The first-order chi connectivity index (χ1) is 12.1. The summed E-state index contributed by atoms with van der Waals surface area (Å²) in [5, 5.41) is 0. The maximum atomic E-state index is 12.9. The Balaban J connectivity index is 1.76. The number of Topliss-reactive ketones (excluding diaryl/α,β-unsaturated/α-hetero) is 1. The van der Waals surface area contributed by atoms with Crippen molar-refractivity contribution in [3.63, 3.8) is 0 Å². The van der Waals surface area contributed by atoms with E-state index in [1.165, 1.54) is 0 Å². The number of ketones is 1. The van der Waals surface area contributed by atoms with Crippen LogP contribution in [0.5, 0.6) is 5.88 Å². The van der Waals surface area contributed by atoms with Gasteiger partial charge in [0.25, 0.3) is 5.91 Å². The van der Waals surface area contributed by atoms with Gasteiger partial charge in [-0.05, 0) is 31.9 Å². The number of hydrogen-bond acceptors (Lipinski definition) is 5. The second-order valence-corrected chi connectivity index (χ2v) is 6.11. The Morgan fingerprint density at radius 3 is 2.88 bits per heavy atom. The number of hydrogen-bond donors (Lipinski definition) is 0. The number of piperidine rings is 1. The van der Waals surface area contributed by atoms with Gasteiger partial charge in [0.2, 0.25) is 11.7 Å². The van der Waals surface area contributed by atoms with Gasteiger partial charge in [-0.25, -0.2) is 9.97 Å². The molecule has 25 heavy (non-hydrogen) atoms. The number of aryl methyl sites for hydroxylation is 1. The maximum absolute atomic E-state index is 12.9. The number of rotatable bonds is 5. The minimum Gasteiger partial charge on any atom is -0.477 e. The van der Waals surface area contributed by atoms with E-state index in [9.17, 15) is 9.59 Å². The average Bonchev–Trinajstić information content (AvgIpc) is 3.07. The minimum absolute atomic E-state index is 0.0128. The summed E-state index contributed by atoms with van der Waals surface area (Å²) in [4.78, 5) is 35.6. The predicted octanol–water partition coefficient (Wildman–Crippen LogP) is 1.95. The molecule has 1 atom stereocenters. The number of pyridine rings is 1. The van der Waals surface area contributed by atoms with Gasteiger partial charge >= 0.3 is 0 Å². The molecule has 1 aliphatic heterocycles.